The van der Waals surface area contributed by atoms with Crippen LogP contribution in [0.2, 0.25) is 0 Å². The molecule has 0 unspecified atom stereocenters. The first kappa shape index (κ1) is 28.9. The zero-order valence-electron chi connectivity index (χ0n) is 24.1. The predicted molar refractivity (Wildman–Crippen MR) is 161 cm³/mol. The number of pyridine rings is 1. The molecule has 1 amide bonds. The van der Waals surface area contributed by atoms with Crippen LogP contribution in [0.1, 0.15) is 37.0 Å². The number of piperidine rings is 1. The first-order chi connectivity index (χ1) is 21.3. The van der Waals surface area contributed by atoms with Gasteiger partial charge in [-0.1, -0.05) is 0 Å². The molecule has 5 aromatic rings. The number of nitrogens with zero attached hydrogens (tertiary/aromatic N) is 5. The number of rotatable bonds is 8. The van der Waals surface area contributed by atoms with E-state index >= 15 is 4.39 Å². The molecule has 1 saturated heterocycles. The van der Waals surface area contributed by atoms with Gasteiger partial charge in [0.25, 0.3) is 11.5 Å². The number of aromatic nitrogens is 5. The van der Waals surface area contributed by atoms with Gasteiger partial charge in [0.05, 0.1) is 5.69 Å². The van der Waals surface area contributed by atoms with E-state index in [-0.39, 0.29) is 28.7 Å². The quantitative estimate of drug-likeness (QED) is 0.224. The van der Waals surface area contributed by atoms with E-state index in [0.717, 1.165) is 36.7 Å². The van der Waals surface area contributed by atoms with Crippen LogP contribution in [-0.2, 0) is 0 Å². The molecule has 2 aromatic carbocycles. The molecule has 1 fully saturated rings. The topological polar surface area (TPSA) is 130 Å². The highest BCUT2D eigenvalue weighted by Crippen LogP contribution is 2.35. The first-order valence-electron chi connectivity index (χ1n) is 14.2. The Morgan fingerprint density at radius 2 is 1.80 bits per heavy atom. The molecular formula is C31H30F2N8O3. The fraction of sp³-hybridized carbons (Fsp3) is 0.258. The molecule has 0 bridgehead atoms. The van der Waals surface area contributed by atoms with E-state index in [1.165, 1.54) is 48.7 Å². The van der Waals surface area contributed by atoms with Crippen molar-refractivity contribution in [1.29, 1.82) is 0 Å². The highest BCUT2D eigenvalue weighted by atomic mass is 19.1. The van der Waals surface area contributed by atoms with Crippen molar-refractivity contribution in [1.82, 2.24) is 29.9 Å². The van der Waals surface area contributed by atoms with Gasteiger partial charge < -0.3 is 20.3 Å². The van der Waals surface area contributed by atoms with Crippen LogP contribution in [0.3, 0.4) is 0 Å². The Morgan fingerprint density at radius 3 is 2.52 bits per heavy atom. The van der Waals surface area contributed by atoms with Crippen LogP contribution >= 0.6 is 0 Å². The number of hydrogen-bond acceptors (Lipinski definition) is 8. The van der Waals surface area contributed by atoms with Crippen molar-refractivity contribution in [2.75, 3.05) is 23.7 Å². The highest BCUT2D eigenvalue weighted by molar-refractivity contribution is 6.04. The van der Waals surface area contributed by atoms with Crippen LogP contribution in [0.25, 0.3) is 16.7 Å². The molecule has 0 atom stereocenters. The van der Waals surface area contributed by atoms with Crippen molar-refractivity contribution in [3.63, 3.8) is 0 Å². The summed E-state index contributed by atoms with van der Waals surface area (Å²) in [7, 11) is 0. The van der Waals surface area contributed by atoms with Gasteiger partial charge in [0.2, 0.25) is 0 Å². The maximum atomic E-state index is 15.2. The van der Waals surface area contributed by atoms with Crippen molar-refractivity contribution in [2.24, 2.45) is 0 Å². The molecule has 3 N–H and O–H groups in total. The summed E-state index contributed by atoms with van der Waals surface area (Å²) < 4.78 is 35.5. The smallest absolute Gasteiger partial charge is 0.284 e. The van der Waals surface area contributed by atoms with E-state index in [9.17, 15) is 14.0 Å². The molecule has 0 radical (unpaired) electrons. The Kier molecular flexibility index (Phi) is 8.03. The molecule has 1 aliphatic rings. The van der Waals surface area contributed by atoms with Gasteiger partial charge in [-0.25, -0.2) is 13.8 Å². The number of benzene rings is 2. The van der Waals surface area contributed by atoms with E-state index < -0.39 is 23.1 Å². The first-order valence-corrected chi connectivity index (χ1v) is 14.2. The number of hydrogen-bond donors (Lipinski definition) is 3. The van der Waals surface area contributed by atoms with Crippen molar-refractivity contribution >= 4 is 28.4 Å². The number of anilines is 2. The number of amides is 1. The number of H-pyrrole nitrogens is 1. The van der Waals surface area contributed by atoms with Crippen LogP contribution in [0.15, 0.2) is 71.8 Å². The zero-order chi connectivity index (χ0) is 30.8. The van der Waals surface area contributed by atoms with E-state index in [2.05, 4.69) is 49.7 Å². The number of nitrogens with one attached hydrogen (secondary N) is 3. The largest absolute Gasteiger partial charge is 0.453 e. The molecule has 0 aliphatic carbocycles. The number of ether oxygens (including phenoxy) is 1. The van der Waals surface area contributed by atoms with Crippen LogP contribution in [0.5, 0.6) is 11.5 Å². The van der Waals surface area contributed by atoms with E-state index in [1.807, 2.05) is 0 Å². The number of halogens is 2. The summed E-state index contributed by atoms with van der Waals surface area (Å²) in [6, 6.07) is 12.7. The van der Waals surface area contributed by atoms with Gasteiger partial charge in [0.1, 0.15) is 22.5 Å². The number of aromatic amines is 1. The molecule has 226 valence electrons. The molecular weight excluding hydrogens is 570 g/mol. The van der Waals surface area contributed by atoms with Crippen LogP contribution in [-0.4, -0.2) is 60.9 Å². The molecule has 44 heavy (non-hydrogen) atoms. The second kappa shape index (κ2) is 12.2. The Balaban J connectivity index is 1.18. The molecule has 1 aliphatic heterocycles. The van der Waals surface area contributed by atoms with Crippen LogP contribution in [0, 0.1) is 11.6 Å². The third-order valence-electron chi connectivity index (χ3n) is 7.60. The Bertz CT molecular complexity index is 1860. The third-order valence-corrected chi connectivity index (χ3v) is 7.60. The third kappa shape index (κ3) is 5.99. The van der Waals surface area contributed by atoms with Gasteiger partial charge in [-0.15, -0.1) is 0 Å². The minimum atomic E-state index is -0.759. The average molecular weight is 601 g/mol. The standard InChI is InChI=1S/C31H30F2N8O3/c1-18(2)40-15-11-20(12-16-40)36-29-27-26(10-13-34-28(27)38-39-29)44-25-8-5-21(17-24(25)33)37-30(42)23-9-14-35-41(31(23)43)22-6-3-19(32)4-7-22/h3-10,13-14,17-18,20H,11-12,15-16H2,1-2H3,(H,37,42)(H2,34,36,38,39). The second-order valence-corrected chi connectivity index (χ2v) is 10.8. The predicted octanol–water partition coefficient (Wildman–Crippen LogP) is 5.11. The summed E-state index contributed by atoms with van der Waals surface area (Å²) in [5.74, 6) is -1.09. The van der Waals surface area contributed by atoms with Crippen LogP contribution in [0.4, 0.5) is 20.3 Å². The minimum absolute atomic E-state index is 0.0736. The molecule has 6 rings (SSSR count). The lowest BCUT2D eigenvalue weighted by Crippen LogP contribution is -2.42. The van der Waals surface area contributed by atoms with Gasteiger partial charge in [-0.3, -0.25) is 14.7 Å². The Labute approximate surface area is 250 Å². The maximum absolute atomic E-state index is 15.2. The fourth-order valence-corrected chi connectivity index (χ4v) is 5.20. The summed E-state index contributed by atoms with van der Waals surface area (Å²) in [4.78, 5) is 32.6. The van der Waals surface area contributed by atoms with Crippen molar-refractivity contribution in [3.8, 4) is 17.2 Å². The van der Waals surface area contributed by atoms with Gasteiger partial charge in [0, 0.05) is 55.4 Å². The number of likely N-dealkylation sites (tertiary alicyclic amines) is 1. The lowest BCUT2D eigenvalue weighted by atomic mass is 10.0. The summed E-state index contributed by atoms with van der Waals surface area (Å²) >= 11 is 0. The molecule has 3 aromatic heterocycles. The summed E-state index contributed by atoms with van der Waals surface area (Å²) in [6.45, 7) is 6.36. The minimum Gasteiger partial charge on any atom is -0.453 e. The molecule has 13 heteroatoms. The molecule has 0 spiro atoms. The molecule has 4 heterocycles. The zero-order valence-corrected chi connectivity index (χ0v) is 24.1. The van der Waals surface area contributed by atoms with Crippen molar-refractivity contribution in [3.05, 3.63) is 94.5 Å². The number of carbonyl (C=O) groups excluding carboxylic acids is 1. The highest BCUT2D eigenvalue weighted by Gasteiger charge is 2.23. The van der Waals surface area contributed by atoms with Crippen molar-refractivity contribution < 1.29 is 18.3 Å². The normalized spacial score (nSPS) is 14.2. The van der Waals surface area contributed by atoms with E-state index in [4.69, 9.17) is 4.74 Å². The fourth-order valence-electron chi connectivity index (χ4n) is 5.20. The SMILES string of the molecule is CC(C)N1CCC(Nc2n[nH]c3nccc(Oc4ccc(NC(=O)c5ccnn(-c6ccc(F)cc6)c5=O)cc4F)c23)CC1. The summed E-state index contributed by atoms with van der Waals surface area (Å²) in [5.41, 5.74) is -0.0376. The van der Waals surface area contributed by atoms with Gasteiger partial charge in [0.15, 0.2) is 23.0 Å². The monoisotopic (exact) mass is 600 g/mol. The van der Waals surface area contributed by atoms with Gasteiger partial charge in [-0.2, -0.15) is 14.9 Å². The Morgan fingerprint density at radius 1 is 1.02 bits per heavy atom. The summed E-state index contributed by atoms with van der Waals surface area (Å²) in [6.07, 6.45) is 4.75. The lowest BCUT2D eigenvalue weighted by molar-refractivity contribution is 0.102. The van der Waals surface area contributed by atoms with E-state index in [1.54, 1.807) is 12.3 Å². The van der Waals surface area contributed by atoms with Crippen LogP contribution < -0.4 is 20.9 Å². The van der Waals surface area contributed by atoms with E-state index in [0.29, 0.717) is 28.6 Å². The Hall–Kier alpha value is -5.17. The number of carbonyl (C=O) groups is 1. The molecule has 11 nitrogen and oxygen atoms in total. The van der Waals surface area contributed by atoms with Crippen molar-refractivity contribution in [2.45, 2.75) is 38.8 Å². The van der Waals surface area contributed by atoms with Gasteiger partial charge >= 0.3 is 0 Å². The molecule has 0 saturated carbocycles. The maximum Gasteiger partial charge on any atom is 0.284 e. The number of fused-ring (bicyclic) bond motifs is 1. The second-order valence-electron chi connectivity index (χ2n) is 10.8. The summed E-state index contributed by atoms with van der Waals surface area (Å²) in [5, 5.41) is 17.9. The van der Waals surface area contributed by atoms with Gasteiger partial charge in [-0.05, 0) is 69.2 Å². The average Bonchev–Trinajstić information content (AvgIpc) is 3.43. The lowest BCUT2D eigenvalue weighted by Gasteiger charge is -2.34.